The van der Waals surface area contributed by atoms with Gasteiger partial charge in [0, 0.05) is 42.4 Å². The van der Waals surface area contributed by atoms with Gasteiger partial charge in [-0.2, -0.15) is 0 Å². The quantitative estimate of drug-likeness (QED) is 0.0872. The fourth-order valence-corrected chi connectivity index (χ4v) is 6.39. The van der Waals surface area contributed by atoms with E-state index in [0.717, 1.165) is 29.5 Å². The lowest BCUT2D eigenvalue weighted by Gasteiger charge is -2.41. The van der Waals surface area contributed by atoms with Gasteiger partial charge in [-0.05, 0) is 44.7 Å². The highest BCUT2D eigenvalue weighted by Gasteiger charge is 2.42. The van der Waals surface area contributed by atoms with E-state index in [2.05, 4.69) is 25.6 Å². The number of rotatable bonds is 16. The van der Waals surface area contributed by atoms with Gasteiger partial charge < -0.3 is 25.0 Å². The molecule has 2 aromatic carbocycles. The molecule has 0 bridgehead atoms. The average Bonchev–Trinajstić information content (AvgIpc) is 3.81. The maximum Gasteiger partial charge on any atom is 0.408 e. The molecule has 18 heteroatoms. The normalized spacial score (nSPS) is 13.7. The number of aliphatic hydroxyl groups excluding tert-OH is 1. The molecule has 0 radical (unpaired) electrons. The summed E-state index contributed by atoms with van der Waals surface area (Å²) in [5.74, 6) is -2.00. The number of non-ortho nitro benzene ring substituents is 1. The molecular formula is C35H42N8O9S. The molecule has 17 nitrogen and oxygen atoms in total. The Labute approximate surface area is 309 Å². The second-order valence-corrected chi connectivity index (χ2v) is 14.6. The van der Waals surface area contributed by atoms with Crippen molar-refractivity contribution in [3.63, 3.8) is 0 Å². The van der Waals surface area contributed by atoms with Crippen molar-refractivity contribution >= 4 is 46.3 Å². The van der Waals surface area contributed by atoms with Crippen molar-refractivity contribution in [2.75, 3.05) is 4.90 Å². The van der Waals surface area contributed by atoms with Gasteiger partial charge in [0.25, 0.3) is 11.4 Å². The van der Waals surface area contributed by atoms with Crippen molar-refractivity contribution in [1.29, 1.82) is 0 Å². The van der Waals surface area contributed by atoms with Gasteiger partial charge >= 0.3 is 6.09 Å². The van der Waals surface area contributed by atoms with E-state index < -0.39 is 69.0 Å². The van der Waals surface area contributed by atoms with Gasteiger partial charge in [-0.25, -0.2) is 14.8 Å². The zero-order chi connectivity index (χ0) is 38.9. The average molecular weight is 751 g/mol. The smallest absolute Gasteiger partial charge is 0.408 e. The number of nitro groups is 2. The summed E-state index contributed by atoms with van der Waals surface area (Å²) in [5, 5.41) is 42.9. The molecule has 0 aliphatic carbocycles. The number of nitro benzene ring substituents is 2. The first-order chi connectivity index (χ1) is 25.0. The number of imidazole rings is 1. The Hall–Kier alpha value is -5.75. The van der Waals surface area contributed by atoms with E-state index in [9.17, 15) is 39.7 Å². The Balaban J connectivity index is 1.86. The maximum atomic E-state index is 14.6. The van der Waals surface area contributed by atoms with E-state index in [1.807, 2.05) is 13.8 Å². The van der Waals surface area contributed by atoms with Gasteiger partial charge in [0.1, 0.15) is 34.5 Å². The fourth-order valence-electron chi connectivity index (χ4n) is 5.71. The maximum absolute atomic E-state index is 14.6. The van der Waals surface area contributed by atoms with Crippen LogP contribution in [-0.2, 0) is 27.2 Å². The Morgan fingerprint density at radius 2 is 1.75 bits per heavy atom. The first-order valence-electron chi connectivity index (χ1n) is 16.7. The zero-order valence-corrected chi connectivity index (χ0v) is 30.6. The van der Waals surface area contributed by atoms with Crippen LogP contribution in [0.3, 0.4) is 0 Å². The van der Waals surface area contributed by atoms with Gasteiger partial charge in [-0.3, -0.25) is 35.1 Å². The number of nitrogens with one attached hydrogen (secondary N) is 3. The van der Waals surface area contributed by atoms with Gasteiger partial charge in [0.15, 0.2) is 0 Å². The molecule has 0 saturated carbocycles. The number of aromatic amines is 1. The number of aromatic nitrogens is 3. The van der Waals surface area contributed by atoms with Crippen molar-refractivity contribution in [1.82, 2.24) is 25.6 Å². The Bertz CT molecular complexity index is 1870. The Morgan fingerprint density at radius 1 is 1.04 bits per heavy atom. The van der Waals surface area contributed by atoms with Crippen molar-refractivity contribution in [2.45, 2.75) is 83.7 Å². The summed E-state index contributed by atoms with van der Waals surface area (Å²) in [6.45, 7) is 8.67. The summed E-state index contributed by atoms with van der Waals surface area (Å²) in [6, 6.07) is 7.89. The molecule has 4 rings (SSSR count). The third-order valence-electron chi connectivity index (χ3n) is 7.93. The van der Waals surface area contributed by atoms with Gasteiger partial charge in [0.05, 0.1) is 28.3 Å². The highest BCUT2D eigenvalue weighted by molar-refractivity contribution is 7.09. The minimum absolute atomic E-state index is 0.0271. The van der Waals surface area contributed by atoms with Crippen LogP contribution in [-0.4, -0.2) is 71.5 Å². The van der Waals surface area contributed by atoms with Crippen molar-refractivity contribution in [3.05, 3.63) is 109 Å². The molecule has 4 aromatic rings. The lowest BCUT2D eigenvalue weighted by atomic mass is 9.93. The number of anilines is 1. The molecule has 0 fully saturated rings. The summed E-state index contributed by atoms with van der Waals surface area (Å²) in [7, 11) is 0. The van der Waals surface area contributed by atoms with Crippen LogP contribution in [0.25, 0.3) is 0 Å². The largest absolute Gasteiger partial charge is 0.444 e. The number of imide groups is 1. The van der Waals surface area contributed by atoms with E-state index in [-0.39, 0.29) is 35.9 Å². The lowest BCUT2D eigenvalue weighted by Crippen LogP contribution is -2.58. The van der Waals surface area contributed by atoms with Crippen LogP contribution in [0.5, 0.6) is 0 Å². The monoisotopic (exact) mass is 750 g/mol. The molecule has 0 saturated heterocycles. The molecule has 4 atom stereocenters. The van der Waals surface area contributed by atoms with Crippen LogP contribution >= 0.6 is 11.3 Å². The molecule has 2 aromatic heterocycles. The molecule has 2 heterocycles. The SMILES string of the molecule is CC(C)C[C@@H]([C@@H](O)c1nccs1)N(c1ccc([N+](=O)[O-])cc1[N+](=O)[O-])[C@@H](Cc1cnc[nH]1)C(=O)NC(=O)[C@H](Cc1ccccc1)NC(=O)OC(C)(C)C. The fraction of sp³-hybridized carbons (Fsp3) is 0.400. The number of benzene rings is 2. The summed E-state index contributed by atoms with van der Waals surface area (Å²) >= 11 is 1.13. The van der Waals surface area contributed by atoms with Gasteiger partial charge in [-0.15, -0.1) is 11.3 Å². The number of aliphatic hydroxyl groups is 1. The predicted molar refractivity (Wildman–Crippen MR) is 195 cm³/mol. The van der Waals surface area contributed by atoms with E-state index >= 15 is 0 Å². The number of carbonyl (C=O) groups is 3. The van der Waals surface area contributed by atoms with E-state index in [4.69, 9.17) is 4.74 Å². The molecule has 4 N–H and O–H groups in total. The molecule has 0 aliphatic heterocycles. The summed E-state index contributed by atoms with van der Waals surface area (Å²) in [6.07, 6.45) is 1.89. The van der Waals surface area contributed by atoms with Crippen LogP contribution in [0.1, 0.15) is 63.4 Å². The molecule has 0 unspecified atom stereocenters. The third kappa shape index (κ3) is 11.1. The Morgan fingerprint density at radius 3 is 2.32 bits per heavy atom. The van der Waals surface area contributed by atoms with Crippen molar-refractivity contribution < 1.29 is 34.1 Å². The number of thiazole rings is 1. The predicted octanol–water partition coefficient (Wildman–Crippen LogP) is 5.03. The molecular weight excluding hydrogens is 708 g/mol. The van der Waals surface area contributed by atoms with Crippen molar-refractivity contribution in [2.24, 2.45) is 5.92 Å². The highest BCUT2D eigenvalue weighted by atomic mass is 32.1. The zero-order valence-electron chi connectivity index (χ0n) is 29.8. The summed E-state index contributed by atoms with van der Waals surface area (Å²) < 4.78 is 5.39. The number of hydrogen-bond donors (Lipinski definition) is 4. The van der Waals surface area contributed by atoms with E-state index in [1.54, 1.807) is 56.5 Å². The first-order valence-corrected chi connectivity index (χ1v) is 17.6. The summed E-state index contributed by atoms with van der Waals surface area (Å²) in [5.41, 5.74) is -1.33. The van der Waals surface area contributed by atoms with E-state index in [0.29, 0.717) is 11.3 Å². The molecule has 53 heavy (non-hydrogen) atoms. The standard InChI is InChI=1S/C35H42N8O9S/c1-21(2)15-28(30(44)33-37-13-14-53-33)41(26-12-11-24(42(48)49)18-27(26)43(50)51)29(17-23-19-36-20-38-23)32(46)40-31(45)25(16-22-9-7-6-8-10-22)39-34(47)52-35(3,4)5/h6-14,18-21,25,28-30,44H,15-17H2,1-5H3,(H,36,38)(H,39,47)(H,40,45,46)/t25-,28-,29-,30+/m0/s1. The highest BCUT2D eigenvalue weighted by Crippen LogP contribution is 2.39. The second-order valence-electron chi connectivity index (χ2n) is 13.6. The van der Waals surface area contributed by atoms with Crippen LogP contribution in [0.15, 0.2) is 72.6 Å². The number of hydrogen-bond acceptors (Lipinski definition) is 13. The number of nitrogens with zero attached hydrogens (tertiary/aromatic N) is 5. The van der Waals surface area contributed by atoms with Crippen LogP contribution in [0, 0.1) is 26.1 Å². The number of alkyl carbamates (subject to hydrolysis) is 1. The van der Waals surface area contributed by atoms with Gasteiger partial charge in [-0.1, -0.05) is 44.2 Å². The second kappa shape index (κ2) is 17.6. The first kappa shape index (κ1) is 40.0. The number of H-pyrrole nitrogens is 1. The van der Waals surface area contributed by atoms with Crippen LogP contribution < -0.4 is 15.5 Å². The Kier molecular flexibility index (Phi) is 13.3. The number of amides is 3. The van der Waals surface area contributed by atoms with Crippen LogP contribution in [0.2, 0.25) is 0 Å². The topological polar surface area (TPSA) is 236 Å². The third-order valence-corrected chi connectivity index (χ3v) is 8.77. The lowest BCUT2D eigenvalue weighted by molar-refractivity contribution is -0.393. The summed E-state index contributed by atoms with van der Waals surface area (Å²) in [4.78, 5) is 76.7. The number of ether oxygens (including phenoxy) is 1. The minimum atomic E-state index is -1.48. The minimum Gasteiger partial charge on any atom is -0.444 e. The molecule has 3 amide bonds. The van der Waals surface area contributed by atoms with Gasteiger partial charge in [0.2, 0.25) is 11.8 Å². The van der Waals surface area contributed by atoms with E-state index in [1.165, 1.54) is 23.6 Å². The molecule has 282 valence electrons. The van der Waals surface area contributed by atoms with Crippen molar-refractivity contribution in [3.8, 4) is 0 Å². The number of carbonyl (C=O) groups excluding carboxylic acids is 3. The van der Waals surface area contributed by atoms with Crippen LogP contribution in [0.4, 0.5) is 21.9 Å². The molecule has 0 spiro atoms. The molecule has 0 aliphatic rings.